The zero-order chi connectivity index (χ0) is 19.8. The summed E-state index contributed by atoms with van der Waals surface area (Å²) in [7, 11) is 0. The molecule has 1 aromatic carbocycles. The van der Waals surface area contributed by atoms with Crippen LogP contribution < -0.4 is 10.1 Å². The molecule has 6 nitrogen and oxygen atoms in total. The second kappa shape index (κ2) is 7.40. The molecule has 0 spiro atoms. The number of rotatable bonds is 3. The first-order chi connectivity index (χ1) is 14.2. The molecule has 1 aliphatic rings. The molecule has 7 heteroatoms. The number of fused-ring (bicyclic) bond motifs is 2. The Morgan fingerprint density at radius 2 is 2.00 bits per heavy atom. The maximum Gasteiger partial charge on any atom is 0.187 e. The van der Waals surface area contributed by atoms with E-state index in [2.05, 4.69) is 15.5 Å². The number of nitrogens with one attached hydrogen (secondary N) is 1. The van der Waals surface area contributed by atoms with E-state index in [1.54, 1.807) is 0 Å². The van der Waals surface area contributed by atoms with Crippen molar-refractivity contribution in [2.45, 2.75) is 32.0 Å². The molecule has 1 aliphatic heterocycles. The summed E-state index contributed by atoms with van der Waals surface area (Å²) in [5, 5.41) is 12.8. The van der Waals surface area contributed by atoms with Gasteiger partial charge in [-0.1, -0.05) is 18.2 Å². The third kappa shape index (κ3) is 3.42. The van der Waals surface area contributed by atoms with Crippen molar-refractivity contribution in [2.75, 3.05) is 13.1 Å². The van der Waals surface area contributed by atoms with Gasteiger partial charge in [0.2, 0.25) is 0 Å². The molecule has 0 aliphatic carbocycles. The lowest BCUT2D eigenvalue weighted by Gasteiger charge is -2.21. The summed E-state index contributed by atoms with van der Waals surface area (Å²) >= 11 is 0. The van der Waals surface area contributed by atoms with Crippen molar-refractivity contribution in [1.82, 2.24) is 24.9 Å². The summed E-state index contributed by atoms with van der Waals surface area (Å²) in [6.45, 7) is 3.45. The van der Waals surface area contributed by atoms with Crippen molar-refractivity contribution in [3.63, 3.8) is 0 Å². The van der Waals surface area contributed by atoms with E-state index in [9.17, 15) is 4.39 Å². The number of halogens is 1. The van der Waals surface area contributed by atoms with Gasteiger partial charge in [-0.2, -0.15) is 0 Å². The molecule has 29 heavy (non-hydrogen) atoms. The van der Waals surface area contributed by atoms with E-state index in [-0.39, 0.29) is 0 Å². The van der Waals surface area contributed by atoms with Gasteiger partial charge in [0.25, 0.3) is 0 Å². The highest BCUT2D eigenvalue weighted by molar-refractivity contribution is 5.86. The van der Waals surface area contributed by atoms with Crippen molar-refractivity contribution >= 4 is 16.6 Å². The number of aromatic nitrogens is 4. The predicted molar refractivity (Wildman–Crippen MR) is 110 cm³/mol. The number of para-hydroxylation sites is 1. The highest BCUT2D eigenvalue weighted by Crippen LogP contribution is 2.29. The molecule has 1 fully saturated rings. The van der Waals surface area contributed by atoms with Crippen LogP contribution in [0.2, 0.25) is 0 Å². The first-order valence-corrected chi connectivity index (χ1v) is 9.92. The lowest BCUT2D eigenvalue weighted by Crippen LogP contribution is -2.28. The summed E-state index contributed by atoms with van der Waals surface area (Å²) in [4.78, 5) is 4.82. The Labute approximate surface area is 167 Å². The normalized spacial score (nSPS) is 20.1. The summed E-state index contributed by atoms with van der Waals surface area (Å²) < 4.78 is 22.5. The first-order valence-electron chi connectivity index (χ1n) is 9.92. The Hall–Kier alpha value is -3.06. The predicted octanol–water partition coefficient (Wildman–Crippen LogP) is 3.72. The average molecular weight is 391 g/mol. The first kappa shape index (κ1) is 18.0. The largest absolute Gasteiger partial charge is 0.485 e. The van der Waals surface area contributed by atoms with Crippen molar-refractivity contribution in [3.05, 3.63) is 54.2 Å². The number of hydrogen-bond acceptors (Lipinski definition) is 5. The van der Waals surface area contributed by atoms with E-state index in [1.807, 2.05) is 60.0 Å². The molecule has 1 N–H and O–H groups in total. The van der Waals surface area contributed by atoms with Gasteiger partial charge in [-0.3, -0.25) is 4.40 Å². The number of hydrogen-bond donors (Lipinski definition) is 1. The zero-order valence-corrected chi connectivity index (χ0v) is 16.2. The van der Waals surface area contributed by atoms with Crippen LogP contribution in [0.3, 0.4) is 0 Å². The Bertz CT molecular complexity index is 1170. The molecule has 0 unspecified atom stereocenters. The maximum absolute atomic E-state index is 14.5. The molecule has 4 heterocycles. The van der Waals surface area contributed by atoms with Gasteiger partial charge in [0.05, 0.1) is 0 Å². The van der Waals surface area contributed by atoms with Gasteiger partial charge in [0.15, 0.2) is 11.5 Å². The summed E-state index contributed by atoms with van der Waals surface area (Å²) in [6, 6.07) is 13.7. The fourth-order valence-corrected chi connectivity index (χ4v) is 3.78. The van der Waals surface area contributed by atoms with Crippen LogP contribution in [0.5, 0.6) is 5.75 Å². The van der Waals surface area contributed by atoms with Crippen molar-refractivity contribution in [1.29, 1.82) is 0 Å². The van der Waals surface area contributed by atoms with Crippen LogP contribution in [0.1, 0.15) is 18.4 Å². The lowest BCUT2D eigenvalue weighted by atomic mass is 10.1. The summed E-state index contributed by atoms with van der Waals surface area (Å²) in [5.41, 5.74) is 3.30. The fourth-order valence-electron chi connectivity index (χ4n) is 3.78. The minimum Gasteiger partial charge on any atom is -0.485 e. The molecule has 0 radical (unpaired) electrons. The molecule has 3 aromatic heterocycles. The number of alkyl halides is 1. The smallest absolute Gasteiger partial charge is 0.187 e. The third-order valence-corrected chi connectivity index (χ3v) is 5.36. The standard InChI is InChI=1S/C22H22FN5O/c1-14-9-12-28-20(13-14)26-27-22(28)17-6-5-15-3-2-4-19(21(15)25-17)29-18-8-11-24-10-7-16(18)23/h2-6,9,12-13,16,18,24H,7-8,10-11H2,1H3/t16-,18+/m0/s1. The number of ether oxygens (including phenoxy) is 1. The van der Waals surface area contributed by atoms with Gasteiger partial charge in [-0.15, -0.1) is 10.2 Å². The molecule has 5 rings (SSSR count). The Kier molecular flexibility index (Phi) is 4.60. The number of benzene rings is 1. The molecule has 148 valence electrons. The fraction of sp³-hybridized carbons (Fsp3) is 0.318. The lowest BCUT2D eigenvalue weighted by molar-refractivity contribution is 0.0983. The summed E-state index contributed by atoms with van der Waals surface area (Å²) in [6.07, 6.45) is 1.57. The van der Waals surface area contributed by atoms with Gasteiger partial charge < -0.3 is 10.1 Å². The minimum absolute atomic E-state index is 0.458. The van der Waals surface area contributed by atoms with E-state index < -0.39 is 12.3 Å². The Morgan fingerprint density at radius 1 is 1.10 bits per heavy atom. The molecule has 0 amide bonds. The maximum atomic E-state index is 14.5. The monoisotopic (exact) mass is 391 g/mol. The molecule has 4 aromatic rings. The van der Waals surface area contributed by atoms with Crippen molar-refractivity contribution in [2.24, 2.45) is 0 Å². The number of pyridine rings is 2. The second-order valence-corrected chi connectivity index (χ2v) is 7.48. The van der Waals surface area contributed by atoms with E-state index in [0.29, 0.717) is 42.2 Å². The van der Waals surface area contributed by atoms with Crippen LogP contribution in [-0.4, -0.2) is 44.9 Å². The Balaban J connectivity index is 1.56. The van der Waals surface area contributed by atoms with Crippen LogP contribution in [-0.2, 0) is 0 Å². The number of aryl methyl sites for hydroxylation is 1. The van der Waals surface area contributed by atoms with Gasteiger partial charge in [0, 0.05) is 11.6 Å². The molecule has 0 bridgehead atoms. The topological polar surface area (TPSA) is 64.3 Å². The molecule has 0 saturated carbocycles. The Morgan fingerprint density at radius 3 is 2.93 bits per heavy atom. The molecular formula is C22H22FN5O. The van der Waals surface area contributed by atoms with E-state index in [0.717, 1.165) is 23.1 Å². The van der Waals surface area contributed by atoms with Gasteiger partial charge in [-0.25, -0.2) is 9.37 Å². The SMILES string of the molecule is Cc1ccn2c(-c3ccc4cccc(O[C@@H]5CCNCC[C@@H]5F)c4n3)nnc2c1. The molecular weight excluding hydrogens is 369 g/mol. The van der Waals surface area contributed by atoms with E-state index >= 15 is 0 Å². The quantitative estimate of drug-likeness (QED) is 0.577. The van der Waals surface area contributed by atoms with Crippen molar-refractivity contribution in [3.8, 4) is 17.3 Å². The average Bonchev–Trinajstić information content (AvgIpc) is 3.04. The van der Waals surface area contributed by atoms with Crippen LogP contribution in [0.25, 0.3) is 28.1 Å². The molecule has 2 atom stereocenters. The number of nitrogens with zero attached hydrogens (tertiary/aromatic N) is 4. The third-order valence-electron chi connectivity index (χ3n) is 5.36. The van der Waals surface area contributed by atoms with E-state index in [1.165, 1.54) is 0 Å². The van der Waals surface area contributed by atoms with Crippen LogP contribution in [0, 0.1) is 6.92 Å². The van der Waals surface area contributed by atoms with Crippen LogP contribution in [0.15, 0.2) is 48.7 Å². The highest BCUT2D eigenvalue weighted by Gasteiger charge is 2.25. The van der Waals surface area contributed by atoms with Gasteiger partial charge >= 0.3 is 0 Å². The zero-order valence-electron chi connectivity index (χ0n) is 16.2. The minimum atomic E-state index is -0.993. The summed E-state index contributed by atoms with van der Waals surface area (Å²) in [5.74, 6) is 1.27. The second-order valence-electron chi connectivity index (χ2n) is 7.48. The van der Waals surface area contributed by atoms with Gasteiger partial charge in [-0.05, 0) is 62.7 Å². The van der Waals surface area contributed by atoms with Crippen LogP contribution in [0.4, 0.5) is 4.39 Å². The highest BCUT2D eigenvalue weighted by atomic mass is 19.1. The van der Waals surface area contributed by atoms with Crippen LogP contribution >= 0.6 is 0 Å². The van der Waals surface area contributed by atoms with Gasteiger partial charge in [0.1, 0.15) is 29.2 Å². The van der Waals surface area contributed by atoms with Crippen molar-refractivity contribution < 1.29 is 9.13 Å². The van der Waals surface area contributed by atoms with E-state index in [4.69, 9.17) is 9.72 Å². The molecule has 1 saturated heterocycles.